The van der Waals surface area contributed by atoms with Gasteiger partial charge >= 0.3 is 0 Å². The number of phenols is 1. The van der Waals surface area contributed by atoms with Crippen molar-refractivity contribution in [3.05, 3.63) is 47.6 Å². The first kappa shape index (κ1) is 14.8. The van der Waals surface area contributed by atoms with Crippen molar-refractivity contribution in [2.24, 2.45) is 4.99 Å². The number of H-pyrrole nitrogens is 1. The molecule has 0 amide bonds. The lowest BCUT2D eigenvalue weighted by Gasteiger charge is -2.02. The van der Waals surface area contributed by atoms with E-state index in [0.717, 1.165) is 5.56 Å². The predicted molar refractivity (Wildman–Crippen MR) is 82.8 cm³/mol. The van der Waals surface area contributed by atoms with Crippen LogP contribution in [0.3, 0.4) is 0 Å². The molecule has 3 aromatic rings. The quantitative estimate of drug-likeness (QED) is 0.335. The van der Waals surface area contributed by atoms with Gasteiger partial charge in [0.05, 0.1) is 6.20 Å². The number of aryl methyl sites for hydroxylation is 2. The maximum atomic E-state index is 9.36. The van der Waals surface area contributed by atoms with E-state index in [1.165, 1.54) is 0 Å². The Morgan fingerprint density at radius 1 is 1.26 bits per heavy atom. The fourth-order valence-electron chi connectivity index (χ4n) is 2.10. The number of nitrogens with one attached hydrogen (secondary N) is 2. The number of aromatic amines is 1. The summed E-state index contributed by atoms with van der Waals surface area (Å²) in [5, 5.41) is 22.5. The summed E-state index contributed by atoms with van der Waals surface area (Å²) in [5.74, 6) is 1.50. The van der Waals surface area contributed by atoms with E-state index >= 15 is 0 Å². The Bertz CT molecular complexity index is 829. The van der Waals surface area contributed by atoms with Crippen molar-refractivity contribution in [3.63, 3.8) is 0 Å². The normalized spacial score (nSPS) is 11.7. The molecule has 23 heavy (non-hydrogen) atoms. The smallest absolute Gasteiger partial charge is 0.175 e. The van der Waals surface area contributed by atoms with E-state index in [1.807, 2.05) is 0 Å². The molecule has 0 unspecified atom stereocenters. The van der Waals surface area contributed by atoms with Crippen LogP contribution in [0.15, 0.2) is 40.0 Å². The van der Waals surface area contributed by atoms with E-state index in [9.17, 15) is 10.3 Å². The second-order valence-corrected chi connectivity index (χ2v) is 4.94. The predicted octanol–water partition coefficient (Wildman–Crippen LogP) is 2.44. The maximum Gasteiger partial charge on any atom is 0.175 e. The average molecular weight is 313 g/mol. The molecule has 0 aliphatic rings. The van der Waals surface area contributed by atoms with Crippen LogP contribution in [0.25, 0.3) is 11.4 Å². The van der Waals surface area contributed by atoms with Crippen LogP contribution in [0.4, 0.5) is 5.69 Å². The summed E-state index contributed by atoms with van der Waals surface area (Å²) in [6.07, 6.45) is 1.54. The van der Waals surface area contributed by atoms with Gasteiger partial charge in [-0.15, -0.1) is 0 Å². The van der Waals surface area contributed by atoms with Gasteiger partial charge in [-0.1, -0.05) is 5.16 Å². The molecule has 8 heteroatoms. The number of rotatable bonds is 3. The van der Waals surface area contributed by atoms with Crippen LogP contribution in [0, 0.1) is 13.8 Å². The molecule has 1 aromatic carbocycles. The van der Waals surface area contributed by atoms with Gasteiger partial charge in [0.1, 0.15) is 28.6 Å². The molecule has 4 N–H and O–H groups in total. The Labute approximate surface area is 131 Å². The third-order valence-electron chi connectivity index (χ3n) is 3.30. The number of aromatic hydroxyl groups is 1. The Hall–Kier alpha value is -3.13. The number of aromatic nitrogens is 3. The average Bonchev–Trinajstić information content (AvgIpc) is 3.14. The second-order valence-electron chi connectivity index (χ2n) is 4.94. The Balaban J connectivity index is 1.96. The number of hydrogen-bond donors (Lipinski definition) is 4. The number of hydrogen-bond acceptors (Lipinski definition) is 6. The molecule has 2 aromatic heterocycles. The number of hydroxylamine groups is 1. The first-order chi connectivity index (χ1) is 11.1. The van der Waals surface area contributed by atoms with Gasteiger partial charge in [-0.3, -0.25) is 10.7 Å². The Morgan fingerprint density at radius 2 is 2.00 bits per heavy atom. The van der Waals surface area contributed by atoms with Gasteiger partial charge in [0.15, 0.2) is 11.6 Å². The second kappa shape index (κ2) is 5.93. The minimum Gasteiger partial charge on any atom is -0.508 e. The highest BCUT2D eigenvalue weighted by molar-refractivity contribution is 5.98. The summed E-state index contributed by atoms with van der Waals surface area (Å²) < 4.78 is 5.05. The van der Waals surface area contributed by atoms with Gasteiger partial charge in [0.25, 0.3) is 0 Å². The monoisotopic (exact) mass is 313 g/mol. The van der Waals surface area contributed by atoms with Gasteiger partial charge in [0, 0.05) is 5.56 Å². The standard InChI is InChI=1S/C15H15N5O3/c1-8-13(9(2)23-20-8)18-15(19-22)12-7-16-14(17-12)10-3-5-11(21)6-4-10/h3-7,21-22H,1-2H3,(H,16,17)(H,18,19). The van der Waals surface area contributed by atoms with Crippen LogP contribution in [0.1, 0.15) is 17.1 Å². The van der Waals surface area contributed by atoms with Crippen LogP contribution in [0.2, 0.25) is 0 Å². The van der Waals surface area contributed by atoms with E-state index in [2.05, 4.69) is 25.6 Å². The molecule has 0 saturated heterocycles. The van der Waals surface area contributed by atoms with Gasteiger partial charge in [-0.25, -0.2) is 9.98 Å². The zero-order valence-electron chi connectivity index (χ0n) is 12.5. The highest BCUT2D eigenvalue weighted by Crippen LogP contribution is 2.24. The molecule has 2 heterocycles. The van der Waals surface area contributed by atoms with Crippen molar-refractivity contribution in [1.82, 2.24) is 20.6 Å². The third-order valence-corrected chi connectivity index (χ3v) is 3.30. The lowest BCUT2D eigenvalue weighted by Crippen LogP contribution is -2.20. The summed E-state index contributed by atoms with van der Waals surface area (Å²) in [6.45, 7) is 3.50. The summed E-state index contributed by atoms with van der Waals surface area (Å²) in [7, 11) is 0. The van der Waals surface area contributed by atoms with Crippen molar-refractivity contribution >= 4 is 11.5 Å². The molecule has 0 radical (unpaired) electrons. The summed E-state index contributed by atoms with van der Waals surface area (Å²) >= 11 is 0. The zero-order chi connectivity index (χ0) is 16.4. The first-order valence-electron chi connectivity index (χ1n) is 6.85. The molecular weight excluding hydrogens is 298 g/mol. The van der Waals surface area contributed by atoms with Crippen molar-refractivity contribution in [2.45, 2.75) is 13.8 Å². The van der Waals surface area contributed by atoms with Crippen LogP contribution >= 0.6 is 0 Å². The third kappa shape index (κ3) is 2.92. The molecule has 118 valence electrons. The van der Waals surface area contributed by atoms with Crippen molar-refractivity contribution in [1.29, 1.82) is 0 Å². The minimum atomic E-state index is 0.179. The molecule has 3 rings (SSSR count). The van der Waals surface area contributed by atoms with Crippen LogP contribution in [0.5, 0.6) is 5.75 Å². The molecule has 0 atom stereocenters. The maximum absolute atomic E-state index is 9.36. The topological polar surface area (TPSA) is 120 Å². The van der Waals surface area contributed by atoms with E-state index in [0.29, 0.717) is 28.7 Å². The first-order valence-corrected chi connectivity index (χ1v) is 6.85. The van der Waals surface area contributed by atoms with E-state index in [1.54, 1.807) is 44.3 Å². The fraction of sp³-hybridized carbons (Fsp3) is 0.133. The highest BCUT2D eigenvalue weighted by atomic mass is 16.5. The number of nitrogens with zero attached hydrogens (tertiary/aromatic N) is 3. The van der Waals surface area contributed by atoms with Crippen molar-refractivity contribution in [2.75, 3.05) is 0 Å². The van der Waals surface area contributed by atoms with Crippen molar-refractivity contribution < 1.29 is 14.8 Å². The molecule has 0 spiro atoms. The van der Waals surface area contributed by atoms with Gasteiger partial charge in [0.2, 0.25) is 0 Å². The zero-order valence-corrected chi connectivity index (χ0v) is 12.5. The van der Waals surface area contributed by atoms with Crippen LogP contribution in [-0.4, -0.2) is 31.3 Å². The number of benzene rings is 1. The molecule has 0 saturated carbocycles. The lowest BCUT2D eigenvalue weighted by atomic mass is 10.2. The van der Waals surface area contributed by atoms with E-state index < -0.39 is 0 Å². The van der Waals surface area contributed by atoms with Crippen LogP contribution in [-0.2, 0) is 0 Å². The number of aliphatic imine (C=N–C) groups is 1. The van der Waals surface area contributed by atoms with Gasteiger partial charge < -0.3 is 14.6 Å². The summed E-state index contributed by atoms with van der Waals surface area (Å²) in [5.41, 5.74) is 4.51. The van der Waals surface area contributed by atoms with Gasteiger partial charge in [-0.2, -0.15) is 0 Å². The molecule has 8 nitrogen and oxygen atoms in total. The molecule has 0 bridgehead atoms. The highest BCUT2D eigenvalue weighted by Gasteiger charge is 2.13. The Morgan fingerprint density at radius 3 is 2.61 bits per heavy atom. The summed E-state index contributed by atoms with van der Waals surface area (Å²) in [6, 6.07) is 6.60. The van der Waals surface area contributed by atoms with Gasteiger partial charge in [-0.05, 0) is 38.1 Å². The lowest BCUT2D eigenvalue weighted by molar-refractivity contribution is 0.235. The number of phenolic OH excluding ortho intramolecular Hbond substituents is 1. The Kier molecular flexibility index (Phi) is 3.82. The minimum absolute atomic E-state index is 0.179. The van der Waals surface area contributed by atoms with E-state index in [4.69, 9.17) is 4.52 Å². The fourth-order valence-corrected chi connectivity index (χ4v) is 2.10. The number of amidine groups is 1. The largest absolute Gasteiger partial charge is 0.508 e. The van der Waals surface area contributed by atoms with Crippen LogP contribution < -0.4 is 5.48 Å². The molecule has 0 aliphatic carbocycles. The molecule has 0 aliphatic heterocycles. The number of imidazole rings is 1. The summed E-state index contributed by atoms with van der Waals surface area (Å²) in [4.78, 5) is 11.6. The van der Waals surface area contributed by atoms with Crippen molar-refractivity contribution in [3.8, 4) is 17.1 Å². The SMILES string of the molecule is Cc1noc(C)c1N=C(NO)c1cnc(-c2ccc(O)cc2)[nH]1. The molecular formula is C15H15N5O3. The molecule has 0 fully saturated rings. The van der Waals surface area contributed by atoms with E-state index in [-0.39, 0.29) is 11.6 Å².